The molecule has 0 aliphatic heterocycles. The van der Waals surface area contributed by atoms with Crippen LogP contribution < -0.4 is 0 Å². The summed E-state index contributed by atoms with van der Waals surface area (Å²) in [5, 5.41) is 0. The van der Waals surface area contributed by atoms with Gasteiger partial charge < -0.3 is 0 Å². The van der Waals surface area contributed by atoms with Crippen molar-refractivity contribution < 1.29 is 4.79 Å². The third-order valence-electron chi connectivity index (χ3n) is 2.85. The average molecular weight is 239 g/mol. The molecule has 0 fully saturated rings. The van der Waals surface area contributed by atoms with Gasteiger partial charge in [-0.1, -0.05) is 29.8 Å². The summed E-state index contributed by atoms with van der Waals surface area (Å²) in [5.41, 5.74) is 4.78. The van der Waals surface area contributed by atoms with E-state index in [1.165, 1.54) is 5.56 Å². The number of carbonyl (C=O) groups excluding carboxylic acids is 1. The number of aromatic nitrogens is 1. The van der Waals surface area contributed by atoms with E-state index in [1.54, 1.807) is 0 Å². The fraction of sp³-hybridized carbons (Fsp3) is 0.250. The van der Waals surface area contributed by atoms with Gasteiger partial charge >= 0.3 is 0 Å². The number of hydrogen-bond donors (Lipinski definition) is 0. The van der Waals surface area contributed by atoms with Gasteiger partial charge in [-0.2, -0.15) is 0 Å². The van der Waals surface area contributed by atoms with Crippen molar-refractivity contribution in [2.45, 2.75) is 27.2 Å². The van der Waals surface area contributed by atoms with Gasteiger partial charge in [0.2, 0.25) is 0 Å². The van der Waals surface area contributed by atoms with Crippen molar-refractivity contribution in [2.24, 2.45) is 0 Å². The Morgan fingerprint density at radius 3 is 2.33 bits per heavy atom. The zero-order chi connectivity index (χ0) is 13.1. The van der Waals surface area contributed by atoms with E-state index < -0.39 is 0 Å². The van der Waals surface area contributed by atoms with Crippen molar-refractivity contribution in [1.82, 2.24) is 4.98 Å². The molecule has 0 saturated carbocycles. The van der Waals surface area contributed by atoms with Crippen LogP contribution in [0.15, 0.2) is 36.4 Å². The maximum atomic E-state index is 12.2. The van der Waals surface area contributed by atoms with Gasteiger partial charge in [-0.3, -0.25) is 9.78 Å². The van der Waals surface area contributed by atoms with Crippen LogP contribution in [0.5, 0.6) is 0 Å². The lowest BCUT2D eigenvalue weighted by molar-refractivity contribution is 0.0992. The Bertz CT molecular complexity index is 567. The molecule has 0 unspecified atom stereocenters. The predicted molar refractivity (Wildman–Crippen MR) is 72.9 cm³/mol. The zero-order valence-electron chi connectivity index (χ0n) is 11.0. The first kappa shape index (κ1) is 12.5. The van der Waals surface area contributed by atoms with Crippen molar-refractivity contribution in [3.05, 3.63) is 64.5 Å². The summed E-state index contributed by atoms with van der Waals surface area (Å²) in [7, 11) is 0. The van der Waals surface area contributed by atoms with E-state index in [-0.39, 0.29) is 5.78 Å². The molecule has 0 N–H and O–H groups in total. The molecule has 1 aromatic heterocycles. The summed E-state index contributed by atoms with van der Waals surface area (Å²) in [5.74, 6) is 0.147. The molecule has 0 spiro atoms. The van der Waals surface area contributed by atoms with E-state index in [0.717, 1.165) is 22.5 Å². The van der Waals surface area contributed by atoms with E-state index in [4.69, 9.17) is 0 Å². The molecule has 1 heterocycles. The first-order valence-corrected chi connectivity index (χ1v) is 6.08. The molecule has 18 heavy (non-hydrogen) atoms. The lowest BCUT2D eigenvalue weighted by Gasteiger charge is -2.05. The SMILES string of the molecule is Cc1cccc(CC(=O)c2cc(C)nc(C)c2)c1. The fourth-order valence-corrected chi connectivity index (χ4v) is 2.11. The minimum Gasteiger partial charge on any atom is -0.294 e. The van der Waals surface area contributed by atoms with Gasteiger partial charge in [0.05, 0.1) is 0 Å². The number of hydrogen-bond acceptors (Lipinski definition) is 2. The van der Waals surface area contributed by atoms with E-state index >= 15 is 0 Å². The minimum atomic E-state index is 0.147. The number of ketones is 1. The summed E-state index contributed by atoms with van der Waals surface area (Å²) < 4.78 is 0. The lowest BCUT2D eigenvalue weighted by Crippen LogP contribution is -2.05. The van der Waals surface area contributed by atoms with Crippen LogP contribution in [-0.2, 0) is 6.42 Å². The highest BCUT2D eigenvalue weighted by Gasteiger charge is 2.08. The second kappa shape index (κ2) is 5.13. The second-order valence-electron chi connectivity index (χ2n) is 4.73. The smallest absolute Gasteiger partial charge is 0.167 e. The molecule has 0 amide bonds. The molecule has 1 aromatic carbocycles. The van der Waals surface area contributed by atoms with Crippen molar-refractivity contribution in [3.63, 3.8) is 0 Å². The Balaban J connectivity index is 2.22. The molecular formula is C16H17NO. The Morgan fingerprint density at radius 2 is 1.72 bits per heavy atom. The van der Waals surface area contributed by atoms with Crippen LogP contribution in [0.3, 0.4) is 0 Å². The quantitative estimate of drug-likeness (QED) is 0.768. The van der Waals surface area contributed by atoms with Gasteiger partial charge in [0, 0.05) is 23.4 Å². The molecule has 0 saturated heterocycles. The summed E-state index contributed by atoms with van der Waals surface area (Å²) in [4.78, 5) is 16.5. The predicted octanol–water partition coefficient (Wildman–Crippen LogP) is 3.43. The first-order valence-electron chi connectivity index (χ1n) is 6.08. The van der Waals surface area contributed by atoms with Crippen molar-refractivity contribution in [1.29, 1.82) is 0 Å². The van der Waals surface area contributed by atoms with E-state index in [9.17, 15) is 4.79 Å². The fourth-order valence-electron chi connectivity index (χ4n) is 2.11. The lowest BCUT2D eigenvalue weighted by atomic mass is 10.0. The molecule has 0 bridgehead atoms. The van der Waals surface area contributed by atoms with Gasteiger partial charge in [0.1, 0.15) is 0 Å². The number of carbonyl (C=O) groups is 1. The van der Waals surface area contributed by atoms with Gasteiger partial charge in [0.15, 0.2) is 5.78 Å². The Hall–Kier alpha value is -1.96. The Kier molecular flexibility index (Phi) is 3.56. The minimum absolute atomic E-state index is 0.147. The summed E-state index contributed by atoms with van der Waals surface area (Å²) in [6, 6.07) is 11.8. The molecule has 0 aliphatic carbocycles. The molecule has 2 rings (SSSR count). The molecule has 2 aromatic rings. The summed E-state index contributed by atoms with van der Waals surface area (Å²) >= 11 is 0. The van der Waals surface area contributed by atoms with Crippen LogP contribution in [0.4, 0.5) is 0 Å². The van der Waals surface area contributed by atoms with Crippen LogP contribution in [0.1, 0.15) is 32.9 Å². The van der Waals surface area contributed by atoms with Crippen LogP contribution in [0.2, 0.25) is 0 Å². The number of Topliss-reactive ketones (excluding diaryl/α,β-unsaturated/α-hetero) is 1. The van der Waals surface area contributed by atoms with Gasteiger partial charge in [0.25, 0.3) is 0 Å². The monoisotopic (exact) mass is 239 g/mol. The molecular weight excluding hydrogens is 222 g/mol. The third-order valence-corrected chi connectivity index (χ3v) is 2.85. The first-order chi connectivity index (χ1) is 8.54. The molecule has 0 aliphatic rings. The van der Waals surface area contributed by atoms with Crippen LogP contribution >= 0.6 is 0 Å². The van der Waals surface area contributed by atoms with Crippen molar-refractivity contribution in [2.75, 3.05) is 0 Å². The van der Waals surface area contributed by atoms with E-state index in [1.807, 2.05) is 51.1 Å². The van der Waals surface area contributed by atoms with Gasteiger partial charge in [-0.25, -0.2) is 0 Å². The second-order valence-corrected chi connectivity index (χ2v) is 4.73. The van der Waals surface area contributed by atoms with Crippen molar-refractivity contribution >= 4 is 5.78 Å². The molecule has 2 nitrogen and oxygen atoms in total. The van der Waals surface area contributed by atoms with Crippen molar-refractivity contribution in [3.8, 4) is 0 Å². The Morgan fingerprint density at radius 1 is 1.06 bits per heavy atom. The summed E-state index contributed by atoms with van der Waals surface area (Å²) in [6.45, 7) is 5.86. The number of nitrogens with zero attached hydrogens (tertiary/aromatic N) is 1. The average Bonchev–Trinajstić information content (AvgIpc) is 2.27. The molecule has 0 radical (unpaired) electrons. The number of benzene rings is 1. The normalized spacial score (nSPS) is 10.4. The number of rotatable bonds is 3. The molecule has 92 valence electrons. The third kappa shape index (κ3) is 3.04. The summed E-state index contributed by atoms with van der Waals surface area (Å²) in [6.07, 6.45) is 0.449. The zero-order valence-corrected chi connectivity index (χ0v) is 11.0. The standard InChI is InChI=1S/C16H17NO/c1-11-5-4-6-14(7-11)10-16(18)15-8-12(2)17-13(3)9-15/h4-9H,10H2,1-3H3. The van der Waals surface area contributed by atoms with Gasteiger partial charge in [-0.15, -0.1) is 0 Å². The van der Waals surface area contributed by atoms with Crippen LogP contribution in [0, 0.1) is 20.8 Å². The molecule has 0 atom stereocenters. The largest absolute Gasteiger partial charge is 0.294 e. The van der Waals surface area contributed by atoms with Gasteiger partial charge in [-0.05, 0) is 38.5 Å². The maximum absolute atomic E-state index is 12.2. The highest BCUT2D eigenvalue weighted by molar-refractivity contribution is 5.97. The van der Waals surface area contributed by atoms with E-state index in [0.29, 0.717) is 6.42 Å². The Labute approximate surface area is 108 Å². The van der Waals surface area contributed by atoms with Crippen LogP contribution in [-0.4, -0.2) is 10.8 Å². The number of pyridine rings is 1. The highest BCUT2D eigenvalue weighted by Crippen LogP contribution is 2.11. The highest BCUT2D eigenvalue weighted by atomic mass is 16.1. The maximum Gasteiger partial charge on any atom is 0.167 e. The topological polar surface area (TPSA) is 30.0 Å². The van der Waals surface area contributed by atoms with E-state index in [2.05, 4.69) is 11.1 Å². The number of aryl methyl sites for hydroxylation is 3. The van der Waals surface area contributed by atoms with Crippen LogP contribution in [0.25, 0.3) is 0 Å². The molecule has 2 heteroatoms.